The Morgan fingerprint density at radius 1 is 1.42 bits per heavy atom. The molecule has 0 aromatic carbocycles. The molecule has 0 aliphatic carbocycles. The highest BCUT2D eigenvalue weighted by Crippen LogP contribution is 2.31. The highest BCUT2D eigenvalue weighted by molar-refractivity contribution is 6.06. The van der Waals surface area contributed by atoms with Crippen molar-refractivity contribution in [2.45, 2.75) is 40.0 Å². The van der Waals surface area contributed by atoms with Crippen LogP contribution in [0.4, 0.5) is 0 Å². The van der Waals surface area contributed by atoms with Crippen LogP contribution in [-0.2, 0) is 9.53 Å². The first-order valence-electron chi connectivity index (χ1n) is 6.66. The van der Waals surface area contributed by atoms with Crippen LogP contribution in [0.1, 0.15) is 40.0 Å². The van der Waals surface area contributed by atoms with Gasteiger partial charge in [-0.15, -0.1) is 0 Å². The van der Waals surface area contributed by atoms with Gasteiger partial charge in [0, 0.05) is 19.8 Å². The van der Waals surface area contributed by atoms with Crippen LogP contribution in [0.5, 0.6) is 0 Å². The number of rotatable bonds is 4. The summed E-state index contributed by atoms with van der Waals surface area (Å²) in [5.41, 5.74) is 4.96. The summed E-state index contributed by atoms with van der Waals surface area (Å²) < 4.78 is 5.26. The molecule has 0 bridgehead atoms. The number of nitrogens with zero attached hydrogens (tertiary/aromatic N) is 1. The molecule has 0 atom stereocenters. The van der Waals surface area contributed by atoms with Crippen molar-refractivity contribution in [1.82, 2.24) is 5.32 Å². The Hall–Kier alpha value is -1.30. The van der Waals surface area contributed by atoms with Crippen molar-refractivity contribution in [3.8, 4) is 0 Å². The lowest BCUT2D eigenvalue weighted by Crippen LogP contribution is -2.53. The standard InChI is InChI=1S/C13H25N3O3/c1-12(2,3)4-7-15-11(17)13(10(14)16-18)5-8-19-9-6-13/h18H,4-9H2,1-3H3,(H2,14,16)(H,15,17). The van der Waals surface area contributed by atoms with Crippen LogP contribution >= 0.6 is 0 Å². The first kappa shape index (κ1) is 15.8. The second-order valence-corrected chi connectivity index (χ2v) is 6.25. The number of carbonyl (C=O) groups is 1. The van der Waals surface area contributed by atoms with Gasteiger partial charge in [-0.25, -0.2) is 0 Å². The maximum atomic E-state index is 12.4. The van der Waals surface area contributed by atoms with Crippen molar-refractivity contribution >= 4 is 11.7 Å². The van der Waals surface area contributed by atoms with E-state index in [2.05, 4.69) is 31.2 Å². The predicted octanol–water partition coefficient (Wildman–Crippen LogP) is 1.08. The van der Waals surface area contributed by atoms with Crippen molar-refractivity contribution in [3.05, 3.63) is 0 Å². The molecule has 1 heterocycles. The number of ether oxygens (including phenoxy) is 1. The van der Waals surface area contributed by atoms with Crippen molar-refractivity contribution in [2.75, 3.05) is 19.8 Å². The molecule has 0 unspecified atom stereocenters. The van der Waals surface area contributed by atoms with Gasteiger partial charge in [-0.2, -0.15) is 0 Å². The fourth-order valence-electron chi connectivity index (χ4n) is 2.14. The van der Waals surface area contributed by atoms with Gasteiger partial charge in [0.05, 0.1) is 0 Å². The van der Waals surface area contributed by atoms with E-state index in [0.717, 1.165) is 6.42 Å². The van der Waals surface area contributed by atoms with Gasteiger partial charge in [-0.3, -0.25) is 4.79 Å². The lowest BCUT2D eigenvalue weighted by molar-refractivity contribution is -0.131. The van der Waals surface area contributed by atoms with Crippen molar-refractivity contribution in [3.63, 3.8) is 0 Å². The molecular weight excluding hydrogens is 246 g/mol. The van der Waals surface area contributed by atoms with Crippen LogP contribution in [-0.4, -0.2) is 36.7 Å². The Balaban J connectivity index is 2.68. The van der Waals surface area contributed by atoms with Crippen LogP contribution in [0, 0.1) is 10.8 Å². The van der Waals surface area contributed by atoms with E-state index in [1.54, 1.807) is 0 Å². The molecule has 19 heavy (non-hydrogen) atoms. The lowest BCUT2D eigenvalue weighted by Gasteiger charge is -2.34. The van der Waals surface area contributed by atoms with Crippen LogP contribution in [0.3, 0.4) is 0 Å². The molecule has 1 saturated heterocycles. The zero-order valence-electron chi connectivity index (χ0n) is 12.0. The topological polar surface area (TPSA) is 96.9 Å². The smallest absolute Gasteiger partial charge is 0.234 e. The Kier molecular flexibility index (Phi) is 5.17. The molecule has 0 aromatic heterocycles. The molecule has 1 fully saturated rings. The van der Waals surface area contributed by atoms with Crippen molar-refractivity contribution in [1.29, 1.82) is 0 Å². The van der Waals surface area contributed by atoms with Crippen molar-refractivity contribution in [2.24, 2.45) is 21.7 Å². The van der Waals surface area contributed by atoms with Crippen molar-refractivity contribution < 1.29 is 14.7 Å². The number of amides is 1. The number of nitrogens with one attached hydrogen (secondary N) is 1. The zero-order valence-corrected chi connectivity index (χ0v) is 12.0. The fourth-order valence-corrected chi connectivity index (χ4v) is 2.14. The minimum atomic E-state index is -0.926. The lowest BCUT2D eigenvalue weighted by atomic mass is 9.78. The summed E-state index contributed by atoms with van der Waals surface area (Å²) in [7, 11) is 0. The van der Waals surface area contributed by atoms with E-state index in [0.29, 0.717) is 32.6 Å². The highest BCUT2D eigenvalue weighted by atomic mass is 16.5. The van der Waals surface area contributed by atoms with Gasteiger partial charge in [0.1, 0.15) is 5.41 Å². The maximum Gasteiger partial charge on any atom is 0.234 e. The Bertz CT molecular complexity index is 342. The Morgan fingerprint density at radius 2 is 2.00 bits per heavy atom. The third-order valence-corrected chi connectivity index (χ3v) is 3.54. The molecule has 6 nitrogen and oxygen atoms in total. The number of amidine groups is 1. The average Bonchev–Trinajstić information content (AvgIpc) is 2.36. The number of carbonyl (C=O) groups excluding carboxylic acids is 1. The molecule has 1 aliphatic rings. The maximum absolute atomic E-state index is 12.4. The van der Waals surface area contributed by atoms with E-state index in [1.807, 2.05) is 0 Å². The van der Waals surface area contributed by atoms with Crippen LogP contribution in [0.25, 0.3) is 0 Å². The van der Waals surface area contributed by atoms with Gasteiger partial charge in [-0.1, -0.05) is 25.9 Å². The van der Waals surface area contributed by atoms with E-state index in [1.165, 1.54) is 0 Å². The number of hydrogen-bond acceptors (Lipinski definition) is 4. The number of hydrogen-bond donors (Lipinski definition) is 3. The quantitative estimate of drug-likeness (QED) is 0.308. The first-order valence-corrected chi connectivity index (χ1v) is 6.66. The predicted molar refractivity (Wildman–Crippen MR) is 73.0 cm³/mol. The summed E-state index contributed by atoms with van der Waals surface area (Å²) in [5.74, 6) is -0.195. The third-order valence-electron chi connectivity index (χ3n) is 3.54. The summed E-state index contributed by atoms with van der Waals surface area (Å²) in [6.07, 6.45) is 1.77. The third kappa shape index (κ3) is 4.09. The van der Waals surface area contributed by atoms with E-state index >= 15 is 0 Å². The largest absolute Gasteiger partial charge is 0.409 e. The molecule has 0 aromatic rings. The molecular formula is C13H25N3O3. The van der Waals surface area contributed by atoms with Crippen LogP contribution in [0.2, 0.25) is 0 Å². The second-order valence-electron chi connectivity index (χ2n) is 6.25. The van der Waals surface area contributed by atoms with Crippen LogP contribution < -0.4 is 11.1 Å². The second kappa shape index (κ2) is 6.23. The minimum absolute atomic E-state index is 0.0240. The molecule has 110 valence electrons. The summed E-state index contributed by atoms with van der Waals surface area (Å²) in [5, 5.41) is 14.8. The fraction of sp³-hybridized carbons (Fsp3) is 0.846. The van der Waals surface area contributed by atoms with Gasteiger partial charge >= 0.3 is 0 Å². The first-order chi connectivity index (χ1) is 8.82. The summed E-state index contributed by atoms with van der Waals surface area (Å²) in [4.78, 5) is 12.4. The van der Waals surface area contributed by atoms with E-state index in [-0.39, 0.29) is 17.2 Å². The molecule has 4 N–H and O–H groups in total. The van der Waals surface area contributed by atoms with Gasteiger partial charge < -0.3 is 21.0 Å². The average molecular weight is 271 g/mol. The van der Waals surface area contributed by atoms with E-state index in [9.17, 15) is 4.79 Å². The molecule has 1 rings (SSSR count). The number of oxime groups is 1. The molecule has 0 saturated carbocycles. The summed E-state index contributed by atoms with van der Waals surface area (Å²) >= 11 is 0. The zero-order chi connectivity index (χ0) is 14.5. The molecule has 0 radical (unpaired) electrons. The van der Waals surface area contributed by atoms with E-state index < -0.39 is 5.41 Å². The number of nitrogens with two attached hydrogens (primary N) is 1. The highest BCUT2D eigenvalue weighted by Gasteiger charge is 2.44. The van der Waals surface area contributed by atoms with Crippen LogP contribution in [0.15, 0.2) is 5.16 Å². The molecule has 0 spiro atoms. The van der Waals surface area contributed by atoms with Gasteiger partial charge in [0.25, 0.3) is 0 Å². The summed E-state index contributed by atoms with van der Waals surface area (Å²) in [6.45, 7) is 7.84. The van der Waals surface area contributed by atoms with Gasteiger partial charge in [0.15, 0.2) is 5.84 Å². The molecule has 1 aliphatic heterocycles. The minimum Gasteiger partial charge on any atom is -0.409 e. The molecule has 6 heteroatoms. The molecule has 1 amide bonds. The Labute approximate surface area is 114 Å². The normalized spacial score (nSPS) is 20.1. The monoisotopic (exact) mass is 271 g/mol. The van der Waals surface area contributed by atoms with Gasteiger partial charge in [0.2, 0.25) is 5.91 Å². The van der Waals surface area contributed by atoms with Gasteiger partial charge in [-0.05, 0) is 24.7 Å². The van der Waals surface area contributed by atoms with E-state index in [4.69, 9.17) is 15.7 Å². The summed E-state index contributed by atoms with van der Waals surface area (Å²) in [6, 6.07) is 0. The Morgan fingerprint density at radius 3 is 2.47 bits per heavy atom. The SMILES string of the molecule is CC(C)(C)CCNC(=O)C1(C(N)=NO)CCOCC1.